The number of Topliss-reactive ketones (excluding diaryl/α,β-unsaturated/α-hetero) is 1. The quantitative estimate of drug-likeness (QED) is 0.774. The summed E-state index contributed by atoms with van der Waals surface area (Å²) < 4.78 is 14.1. The number of benzene rings is 1. The Kier molecular flexibility index (Phi) is 4.76. The summed E-state index contributed by atoms with van der Waals surface area (Å²) in [6.45, 7) is 6.63. The number of carbonyl (C=O) groups excluding carboxylic acids is 1. The fourth-order valence-corrected chi connectivity index (χ4v) is 2.97. The number of hydrogen-bond donors (Lipinski definition) is 0. The molecule has 0 aliphatic carbocycles. The van der Waals surface area contributed by atoms with E-state index >= 15 is 0 Å². The third-order valence-corrected chi connectivity index (χ3v) is 4.16. The predicted octanol–water partition coefficient (Wildman–Crippen LogP) is 2.95. The minimum absolute atomic E-state index is 0.106. The molecule has 1 aliphatic rings. The first-order valence-electron chi connectivity index (χ1n) is 7.28. The molecule has 1 atom stereocenters. The van der Waals surface area contributed by atoms with Crippen LogP contribution in [-0.4, -0.2) is 43.4 Å². The lowest BCUT2D eigenvalue weighted by Gasteiger charge is -2.29. The molecule has 1 aromatic rings. The van der Waals surface area contributed by atoms with Crippen LogP contribution in [0.25, 0.3) is 0 Å². The Hall–Kier alpha value is -1.42. The summed E-state index contributed by atoms with van der Waals surface area (Å²) in [5.41, 5.74) is 0.994. The number of likely N-dealkylation sites (tertiary alicyclic amines) is 1. The highest BCUT2D eigenvalue weighted by Gasteiger charge is 2.24. The molecule has 0 spiro atoms. The molecular formula is C16H23FN2O. The van der Waals surface area contributed by atoms with Crippen molar-refractivity contribution in [2.45, 2.75) is 32.7 Å². The number of anilines is 1. The SMILES string of the molecule is CCN1CCCC1CN(C)c1ccc(C(C)=O)cc1F. The van der Waals surface area contributed by atoms with E-state index in [4.69, 9.17) is 0 Å². The predicted molar refractivity (Wildman–Crippen MR) is 79.9 cm³/mol. The summed E-state index contributed by atoms with van der Waals surface area (Å²) in [6, 6.07) is 5.23. The largest absolute Gasteiger partial charge is 0.371 e. The fraction of sp³-hybridized carbons (Fsp3) is 0.562. The van der Waals surface area contributed by atoms with E-state index in [-0.39, 0.29) is 11.6 Å². The van der Waals surface area contributed by atoms with Crippen LogP contribution in [0.1, 0.15) is 37.0 Å². The number of rotatable bonds is 5. The van der Waals surface area contributed by atoms with Crippen molar-refractivity contribution < 1.29 is 9.18 Å². The van der Waals surface area contributed by atoms with Crippen LogP contribution in [0.2, 0.25) is 0 Å². The Labute approximate surface area is 120 Å². The first-order valence-corrected chi connectivity index (χ1v) is 7.28. The van der Waals surface area contributed by atoms with Crippen LogP contribution in [0.5, 0.6) is 0 Å². The van der Waals surface area contributed by atoms with Gasteiger partial charge in [-0.2, -0.15) is 0 Å². The van der Waals surface area contributed by atoms with Gasteiger partial charge in [0.15, 0.2) is 5.78 Å². The third-order valence-electron chi connectivity index (χ3n) is 4.16. The summed E-state index contributed by atoms with van der Waals surface area (Å²) in [4.78, 5) is 15.7. The van der Waals surface area contributed by atoms with Gasteiger partial charge in [0.2, 0.25) is 0 Å². The minimum Gasteiger partial charge on any atom is -0.371 e. The average molecular weight is 278 g/mol. The van der Waals surface area contributed by atoms with Crippen molar-refractivity contribution in [2.24, 2.45) is 0 Å². The van der Waals surface area contributed by atoms with Gasteiger partial charge in [-0.1, -0.05) is 6.92 Å². The van der Waals surface area contributed by atoms with Gasteiger partial charge in [-0.25, -0.2) is 4.39 Å². The second-order valence-electron chi connectivity index (χ2n) is 5.53. The maximum absolute atomic E-state index is 14.1. The number of ketones is 1. The van der Waals surface area contributed by atoms with E-state index in [9.17, 15) is 9.18 Å². The van der Waals surface area contributed by atoms with Crippen LogP contribution < -0.4 is 4.90 Å². The molecule has 4 heteroatoms. The van der Waals surface area contributed by atoms with Gasteiger partial charge in [0.1, 0.15) is 5.82 Å². The van der Waals surface area contributed by atoms with E-state index < -0.39 is 0 Å². The molecule has 20 heavy (non-hydrogen) atoms. The van der Waals surface area contributed by atoms with Crippen LogP contribution >= 0.6 is 0 Å². The molecule has 0 radical (unpaired) electrons. The molecule has 0 aromatic heterocycles. The molecular weight excluding hydrogens is 255 g/mol. The van der Waals surface area contributed by atoms with Crippen molar-refractivity contribution in [3.63, 3.8) is 0 Å². The second-order valence-corrected chi connectivity index (χ2v) is 5.53. The van der Waals surface area contributed by atoms with Crippen molar-refractivity contribution in [2.75, 3.05) is 31.6 Å². The Bertz CT molecular complexity index is 489. The van der Waals surface area contributed by atoms with Crippen molar-refractivity contribution in [3.8, 4) is 0 Å². The van der Waals surface area contributed by atoms with Crippen LogP contribution in [0, 0.1) is 5.82 Å². The Morgan fingerprint density at radius 2 is 2.25 bits per heavy atom. The molecule has 0 bridgehead atoms. The van der Waals surface area contributed by atoms with Gasteiger partial charge < -0.3 is 4.90 Å². The maximum Gasteiger partial charge on any atom is 0.159 e. The topological polar surface area (TPSA) is 23.6 Å². The van der Waals surface area contributed by atoms with E-state index in [1.807, 2.05) is 11.9 Å². The lowest BCUT2D eigenvalue weighted by atomic mass is 10.1. The summed E-state index contributed by atoms with van der Waals surface area (Å²) in [6.07, 6.45) is 2.39. The molecule has 0 N–H and O–H groups in total. The molecule has 2 rings (SSSR count). The minimum atomic E-state index is -0.318. The lowest BCUT2D eigenvalue weighted by molar-refractivity contribution is 0.101. The smallest absolute Gasteiger partial charge is 0.159 e. The number of carbonyl (C=O) groups is 1. The zero-order valence-electron chi connectivity index (χ0n) is 12.5. The summed E-state index contributed by atoms with van der Waals surface area (Å²) in [5, 5.41) is 0. The number of hydrogen-bond acceptors (Lipinski definition) is 3. The van der Waals surface area contributed by atoms with E-state index in [1.54, 1.807) is 12.1 Å². The molecule has 0 amide bonds. The molecule has 1 fully saturated rings. The molecule has 1 heterocycles. The first-order chi connectivity index (χ1) is 9.52. The van der Waals surface area contributed by atoms with Gasteiger partial charge in [-0.3, -0.25) is 9.69 Å². The highest BCUT2D eigenvalue weighted by Crippen LogP contribution is 2.23. The van der Waals surface area contributed by atoms with Crippen LogP contribution in [0.4, 0.5) is 10.1 Å². The molecule has 1 unspecified atom stereocenters. The van der Waals surface area contributed by atoms with Crippen LogP contribution in [0.15, 0.2) is 18.2 Å². The number of nitrogens with zero attached hydrogens (tertiary/aromatic N) is 2. The molecule has 1 saturated heterocycles. The van der Waals surface area contributed by atoms with Crippen molar-refractivity contribution >= 4 is 11.5 Å². The molecule has 0 saturated carbocycles. The molecule has 1 aliphatic heterocycles. The highest BCUT2D eigenvalue weighted by molar-refractivity contribution is 5.94. The fourth-order valence-electron chi connectivity index (χ4n) is 2.97. The monoisotopic (exact) mass is 278 g/mol. The summed E-state index contributed by atoms with van der Waals surface area (Å²) in [5.74, 6) is -0.424. The van der Waals surface area contributed by atoms with E-state index in [2.05, 4.69) is 11.8 Å². The Morgan fingerprint density at radius 3 is 2.85 bits per heavy atom. The first kappa shape index (κ1) is 15.0. The molecule has 1 aromatic carbocycles. The molecule has 3 nitrogen and oxygen atoms in total. The summed E-state index contributed by atoms with van der Waals surface area (Å²) >= 11 is 0. The van der Waals surface area contributed by atoms with E-state index in [0.717, 1.165) is 19.6 Å². The molecule has 110 valence electrons. The third kappa shape index (κ3) is 3.18. The summed E-state index contributed by atoms with van der Waals surface area (Å²) in [7, 11) is 1.91. The van der Waals surface area contributed by atoms with E-state index in [1.165, 1.54) is 25.8 Å². The van der Waals surface area contributed by atoms with Gasteiger partial charge in [0.05, 0.1) is 5.69 Å². The maximum atomic E-state index is 14.1. The van der Waals surface area contributed by atoms with Crippen molar-refractivity contribution in [1.82, 2.24) is 4.90 Å². The van der Waals surface area contributed by atoms with Gasteiger partial charge in [0, 0.05) is 25.2 Å². The van der Waals surface area contributed by atoms with Gasteiger partial charge >= 0.3 is 0 Å². The van der Waals surface area contributed by atoms with Crippen molar-refractivity contribution in [1.29, 1.82) is 0 Å². The zero-order valence-corrected chi connectivity index (χ0v) is 12.5. The lowest BCUT2D eigenvalue weighted by Crippen LogP contribution is -2.39. The van der Waals surface area contributed by atoms with Crippen molar-refractivity contribution in [3.05, 3.63) is 29.6 Å². The highest BCUT2D eigenvalue weighted by atomic mass is 19.1. The van der Waals surface area contributed by atoms with E-state index in [0.29, 0.717) is 17.3 Å². The second kappa shape index (κ2) is 6.35. The van der Waals surface area contributed by atoms with Gasteiger partial charge in [0.25, 0.3) is 0 Å². The normalized spacial score (nSPS) is 19.3. The number of likely N-dealkylation sites (N-methyl/N-ethyl adjacent to an activating group) is 2. The van der Waals surface area contributed by atoms with Gasteiger partial charge in [-0.05, 0) is 51.1 Å². The average Bonchev–Trinajstić information content (AvgIpc) is 2.85. The van der Waals surface area contributed by atoms with Gasteiger partial charge in [-0.15, -0.1) is 0 Å². The number of halogens is 1. The Morgan fingerprint density at radius 1 is 1.50 bits per heavy atom. The Balaban J connectivity index is 2.09. The zero-order chi connectivity index (χ0) is 14.7. The standard InChI is InChI=1S/C16H23FN2O/c1-4-19-9-5-6-14(19)11-18(3)16-8-7-13(12(2)20)10-15(16)17/h7-8,10,14H,4-6,9,11H2,1-3H3. The van der Waals surface area contributed by atoms with Crippen LogP contribution in [0.3, 0.4) is 0 Å². The van der Waals surface area contributed by atoms with Crippen LogP contribution in [-0.2, 0) is 0 Å².